The molecule has 0 saturated carbocycles. The standard InChI is InChI=1S/C46H31NO/c1-2-10-32(11-3-1)33-20-26-37(27-21-33)47(38-28-22-35(23-29-38)41-16-8-13-34-12-4-5-14-40(34)41)39-30-24-36(25-31-39)42-17-9-18-44-43-15-6-7-19-45(43)48-46(42)44/h1-31H/i1D,2D,3D,10D,11D,20D,21D,22D,23D,26D,27D,28D,29D. The van der Waals surface area contributed by atoms with Crippen molar-refractivity contribution >= 4 is 49.8 Å². The summed E-state index contributed by atoms with van der Waals surface area (Å²) in [4.78, 5) is 1.16. The largest absolute Gasteiger partial charge is 0.455 e. The third-order valence-electron chi connectivity index (χ3n) is 8.32. The van der Waals surface area contributed by atoms with Crippen LogP contribution in [0.1, 0.15) is 17.8 Å². The lowest BCUT2D eigenvalue weighted by Gasteiger charge is -2.26. The van der Waals surface area contributed by atoms with Crippen molar-refractivity contribution in [1.82, 2.24) is 0 Å². The molecule has 0 amide bonds. The number of hydrogen-bond acceptors (Lipinski definition) is 2. The number of furan rings is 1. The van der Waals surface area contributed by atoms with Gasteiger partial charge >= 0.3 is 0 Å². The molecule has 226 valence electrons. The van der Waals surface area contributed by atoms with Crippen LogP contribution in [0.2, 0.25) is 0 Å². The second kappa shape index (κ2) is 11.8. The van der Waals surface area contributed by atoms with E-state index in [4.69, 9.17) is 14.0 Å². The van der Waals surface area contributed by atoms with E-state index in [1.165, 1.54) is 0 Å². The molecule has 0 radical (unpaired) electrons. The van der Waals surface area contributed by atoms with Crippen molar-refractivity contribution in [3.8, 4) is 33.4 Å². The average Bonchev–Trinajstić information content (AvgIpc) is 3.66. The van der Waals surface area contributed by atoms with Gasteiger partial charge in [0.2, 0.25) is 0 Å². The first-order chi connectivity index (χ1) is 29.2. The van der Waals surface area contributed by atoms with Crippen LogP contribution in [-0.4, -0.2) is 0 Å². The van der Waals surface area contributed by atoms with Crippen LogP contribution in [0.15, 0.2) is 192 Å². The van der Waals surface area contributed by atoms with Crippen molar-refractivity contribution in [3.63, 3.8) is 0 Å². The minimum Gasteiger partial charge on any atom is -0.455 e. The van der Waals surface area contributed by atoms with Gasteiger partial charge < -0.3 is 9.32 Å². The van der Waals surface area contributed by atoms with Crippen molar-refractivity contribution in [2.24, 2.45) is 0 Å². The molecule has 1 aromatic heterocycles. The zero-order valence-corrected chi connectivity index (χ0v) is 25.2. The molecular weight excluding hydrogens is 583 g/mol. The van der Waals surface area contributed by atoms with Crippen LogP contribution >= 0.6 is 0 Å². The van der Waals surface area contributed by atoms with Gasteiger partial charge in [0.1, 0.15) is 11.2 Å². The van der Waals surface area contributed by atoms with E-state index in [-0.39, 0.29) is 16.9 Å². The van der Waals surface area contributed by atoms with Crippen LogP contribution in [-0.2, 0) is 0 Å². The SMILES string of the molecule is [2H]c1c([2H])c([2H])c(-c2c([2H])c([2H])c(N(c3ccc(-c4cccc5c4oc4ccccc45)cc3)c3c([2H])c([2H])c(-c4cccc5ccccc45)c([2H])c3[2H])c([2H])c2[2H])c([2H])c1[2H]. The molecule has 2 nitrogen and oxygen atoms in total. The first kappa shape index (κ1) is 17.5. The van der Waals surface area contributed by atoms with E-state index in [9.17, 15) is 8.22 Å². The van der Waals surface area contributed by atoms with Crippen molar-refractivity contribution in [1.29, 1.82) is 0 Å². The van der Waals surface area contributed by atoms with Crippen molar-refractivity contribution in [3.05, 3.63) is 188 Å². The van der Waals surface area contributed by atoms with Crippen molar-refractivity contribution in [2.75, 3.05) is 4.90 Å². The molecule has 8 aromatic carbocycles. The monoisotopic (exact) mass is 626 g/mol. The molecule has 9 rings (SSSR count). The second-order valence-corrected chi connectivity index (χ2v) is 11.1. The highest BCUT2D eigenvalue weighted by atomic mass is 16.3. The molecule has 48 heavy (non-hydrogen) atoms. The number of hydrogen-bond donors (Lipinski definition) is 0. The lowest BCUT2D eigenvalue weighted by atomic mass is 9.98. The zero-order chi connectivity index (χ0) is 43.2. The van der Waals surface area contributed by atoms with Gasteiger partial charge in [0, 0.05) is 33.4 Å². The second-order valence-electron chi connectivity index (χ2n) is 11.1. The number of benzene rings is 8. The van der Waals surface area contributed by atoms with Gasteiger partial charge in [0.05, 0.1) is 17.8 Å². The molecule has 0 saturated heterocycles. The lowest BCUT2D eigenvalue weighted by molar-refractivity contribution is 0.670. The molecule has 0 aliphatic heterocycles. The van der Waals surface area contributed by atoms with E-state index >= 15 is 0 Å². The summed E-state index contributed by atoms with van der Waals surface area (Å²) in [6.07, 6.45) is 0. The highest BCUT2D eigenvalue weighted by molar-refractivity contribution is 6.09. The summed E-state index contributed by atoms with van der Waals surface area (Å²) in [6, 6.07) is 24.5. The number of para-hydroxylation sites is 2. The number of rotatable bonds is 6. The maximum absolute atomic E-state index is 9.46. The fourth-order valence-electron chi connectivity index (χ4n) is 6.05. The van der Waals surface area contributed by atoms with Crippen LogP contribution in [0.5, 0.6) is 0 Å². The van der Waals surface area contributed by atoms with E-state index < -0.39 is 95.4 Å². The topological polar surface area (TPSA) is 16.4 Å². The summed E-state index contributed by atoms with van der Waals surface area (Å²) in [5.74, 6) is 0. The van der Waals surface area contributed by atoms with Crippen LogP contribution in [0, 0.1) is 0 Å². The molecule has 0 fully saturated rings. The molecule has 1 heterocycles. The predicted molar refractivity (Wildman–Crippen MR) is 202 cm³/mol. The molecule has 0 atom stereocenters. The maximum Gasteiger partial charge on any atom is 0.143 e. The fraction of sp³-hybridized carbons (Fsp3) is 0. The Morgan fingerprint density at radius 3 is 1.75 bits per heavy atom. The summed E-state index contributed by atoms with van der Waals surface area (Å²) in [6.45, 7) is 0. The Labute approximate surface area is 298 Å². The Morgan fingerprint density at radius 1 is 0.396 bits per heavy atom. The Balaban J connectivity index is 1.30. The number of fused-ring (bicyclic) bond motifs is 4. The van der Waals surface area contributed by atoms with Gasteiger partial charge in [0.15, 0.2) is 0 Å². The third kappa shape index (κ3) is 4.92. The zero-order valence-electron chi connectivity index (χ0n) is 38.2. The molecule has 0 aliphatic rings. The molecular formula is C46H31NO. The van der Waals surface area contributed by atoms with E-state index in [2.05, 4.69) is 0 Å². The smallest absolute Gasteiger partial charge is 0.143 e. The van der Waals surface area contributed by atoms with Crippen molar-refractivity contribution in [2.45, 2.75) is 0 Å². The lowest BCUT2D eigenvalue weighted by Crippen LogP contribution is -2.09. The summed E-state index contributed by atoms with van der Waals surface area (Å²) < 4.78 is 123. The third-order valence-corrected chi connectivity index (χ3v) is 8.32. The molecule has 0 aliphatic carbocycles. The Kier molecular flexibility index (Phi) is 4.29. The highest BCUT2D eigenvalue weighted by Gasteiger charge is 2.16. The van der Waals surface area contributed by atoms with Crippen LogP contribution in [0.3, 0.4) is 0 Å². The highest BCUT2D eigenvalue weighted by Crippen LogP contribution is 2.40. The average molecular weight is 627 g/mol. The Morgan fingerprint density at radius 2 is 0.979 bits per heavy atom. The van der Waals surface area contributed by atoms with Gasteiger partial charge in [0.25, 0.3) is 0 Å². The molecule has 2 heteroatoms. The van der Waals surface area contributed by atoms with Gasteiger partial charge in [-0.3, -0.25) is 0 Å². The Bertz CT molecular complexity index is 3210. The van der Waals surface area contributed by atoms with Crippen LogP contribution < -0.4 is 4.90 Å². The first-order valence-electron chi connectivity index (χ1n) is 21.8. The minimum absolute atomic E-state index is 0.0286. The van der Waals surface area contributed by atoms with Gasteiger partial charge in [-0.2, -0.15) is 0 Å². The van der Waals surface area contributed by atoms with Crippen LogP contribution in [0.4, 0.5) is 17.1 Å². The summed E-state index contributed by atoms with van der Waals surface area (Å²) in [5, 5.41) is 3.36. The van der Waals surface area contributed by atoms with Gasteiger partial charge in [-0.15, -0.1) is 0 Å². The first-order valence-corrected chi connectivity index (χ1v) is 15.3. The fourth-order valence-corrected chi connectivity index (χ4v) is 6.05. The van der Waals surface area contributed by atoms with E-state index in [1.807, 2.05) is 72.8 Å². The molecule has 0 unspecified atom stereocenters. The van der Waals surface area contributed by atoms with E-state index in [1.54, 1.807) is 36.4 Å². The van der Waals surface area contributed by atoms with Gasteiger partial charge in [-0.05, 0) is 81.0 Å². The quantitative estimate of drug-likeness (QED) is 0.183. The predicted octanol–water partition coefficient (Wildman–Crippen LogP) is 13.2. The normalized spacial score (nSPS) is 15.1. The van der Waals surface area contributed by atoms with Gasteiger partial charge in [-0.25, -0.2) is 0 Å². The Hall–Kier alpha value is -6.38. The van der Waals surface area contributed by atoms with Crippen LogP contribution in [0.25, 0.3) is 66.1 Å². The summed E-state index contributed by atoms with van der Waals surface area (Å²) >= 11 is 0. The molecule has 0 spiro atoms. The molecule has 0 bridgehead atoms. The van der Waals surface area contributed by atoms with E-state index in [0.29, 0.717) is 27.7 Å². The maximum atomic E-state index is 9.46. The van der Waals surface area contributed by atoms with Gasteiger partial charge in [-0.1, -0.05) is 145 Å². The number of anilines is 3. The summed E-state index contributed by atoms with van der Waals surface area (Å²) in [5.41, 5.74) is 1.60. The minimum atomic E-state index is -0.740. The molecule has 9 aromatic rings. The molecule has 0 N–H and O–H groups in total. The number of nitrogens with zero attached hydrogens (tertiary/aromatic N) is 1. The summed E-state index contributed by atoms with van der Waals surface area (Å²) in [7, 11) is 0. The van der Waals surface area contributed by atoms with E-state index in [0.717, 1.165) is 26.6 Å². The van der Waals surface area contributed by atoms with Crippen molar-refractivity contribution < 1.29 is 22.2 Å².